The fourth-order valence-electron chi connectivity index (χ4n) is 1.79. The molecule has 1 heterocycles. The van der Waals surface area contributed by atoms with Crippen LogP contribution in [0.25, 0.3) is 0 Å². The van der Waals surface area contributed by atoms with Gasteiger partial charge in [-0.2, -0.15) is 0 Å². The van der Waals surface area contributed by atoms with Crippen LogP contribution in [0.3, 0.4) is 0 Å². The number of aryl methyl sites for hydroxylation is 1. The second kappa shape index (κ2) is 4.09. The van der Waals surface area contributed by atoms with Crippen molar-refractivity contribution in [1.82, 2.24) is 9.78 Å². The van der Waals surface area contributed by atoms with Gasteiger partial charge in [0.2, 0.25) is 0 Å². The van der Waals surface area contributed by atoms with E-state index in [1.807, 2.05) is 0 Å². The number of ether oxygens (including phenoxy) is 1. The Balaban J connectivity index is 2.02. The summed E-state index contributed by atoms with van der Waals surface area (Å²) in [6, 6.07) is 0. The Kier molecular flexibility index (Phi) is 2.78. The lowest BCUT2D eigenvalue weighted by atomic mass is 9.82. The van der Waals surface area contributed by atoms with Crippen molar-refractivity contribution in [3.8, 4) is 5.88 Å². The van der Waals surface area contributed by atoms with Gasteiger partial charge in [-0.15, -0.1) is 5.10 Å². The summed E-state index contributed by atoms with van der Waals surface area (Å²) in [5, 5.41) is 14.6. The van der Waals surface area contributed by atoms with Crippen LogP contribution in [-0.4, -0.2) is 27.4 Å². The van der Waals surface area contributed by atoms with Crippen LogP contribution in [0.15, 0.2) is 6.20 Å². The maximum absolute atomic E-state index is 10.7. The first-order valence-electron chi connectivity index (χ1n) is 5.15. The minimum Gasteiger partial charge on any atom is -0.468 e. The van der Waals surface area contributed by atoms with Crippen LogP contribution in [0.1, 0.15) is 12.8 Å². The van der Waals surface area contributed by atoms with E-state index in [9.17, 15) is 10.1 Å². The largest absolute Gasteiger partial charge is 0.468 e. The van der Waals surface area contributed by atoms with Gasteiger partial charge in [-0.3, -0.25) is 14.8 Å². The molecule has 0 aromatic carbocycles. The molecule has 0 spiro atoms. The summed E-state index contributed by atoms with van der Waals surface area (Å²) in [7, 11) is 1.63. The van der Waals surface area contributed by atoms with E-state index < -0.39 is 4.92 Å². The van der Waals surface area contributed by atoms with Gasteiger partial charge in [0.15, 0.2) is 0 Å². The van der Waals surface area contributed by atoms with E-state index in [0.717, 1.165) is 12.8 Å². The van der Waals surface area contributed by atoms with E-state index in [0.29, 0.717) is 12.5 Å². The molecule has 0 aliphatic heterocycles. The summed E-state index contributed by atoms with van der Waals surface area (Å²) in [6.45, 7) is 0.643. The Bertz CT molecular complexity index is 397. The lowest BCUT2D eigenvalue weighted by Crippen LogP contribution is -2.37. The molecule has 0 amide bonds. The molecule has 2 N–H and O–H groups in total. The first-order valence-corrected chi connectivity index (χ1v) is 5.15. The number of hydrogen-bond acceptors (Lipinski definition) is 5. The quantitative estimate of drug-likeness (QED) is 0.593. The maximum Gasteiger partial charge on any atom is 0.350 e. The minimum absolute atomic E-state index is 0.0159. The van der Waals surface area contributed by atoms with Gasteiger partial charge in [-0.25, -0.2) is 0 Å². The molecule has 7 heteroatoms. The van der Waals surface area contributed by atoms with Crippen molar-refractivity contribution >= 4 is 5.69 Å². The van der Waals surface area contributed by atoms with Crippen molar-refractivity contribution < 1.29 is 9.66 Å². The zero-order valence-electron chi connectivity index (χ0n) is 9.00. The molecule has 7 nitrogen and oxygen atoms in total. The standard InChI is InChI=1S/C9H14N4O3/c1-12-5-8(13(14)15)9(11-12)16-7-2-6(3-7)4-10/h5-7H,2-4,10H2,1H3. The maximum atomic E-state index is 10.7. The van der Waals surface area contributed by atoms with Gasteiger partial charge in [-0.1, -0.05) is 0 Å². The molecule has 1 aromatic rings. The molecule has 88 valence electrons. The molecule has 1 fully saturated rings. The molecule has 1 aliphatic carbocycles. The molecule has 16 heavy (non-hydrogen) atoms. The first-order chi connectivity index (χ1) is 7.60. The van der Waals surface area contributed by atoms with Gasteiger partial charge >= 0.3 is 11.6 Å². The summed E-state index contributed by atoms with van der Waals surface area (Å²) in [5.74, 6) is 0.584. The van der Waals surface area contributed by atoms with E-state index in [-0.39, 0.29) is 17.7 Å². The number of hydrogen-bond donors (Lipinski definition) is 1. The third-order valence-corrected chi connectivity index (χ3v) is 2.78. The number of nitro groups is 1. The second-order valence-electron chi connectivity index (χ2n) is 4.06. The Hall–Kier alpha value is -1.63. The normalized spacial score (nSPS) is 23.9. The van der Waals surface area contributed by atoms with Gasteiger partial charge in [0.1, 0.15) is 12.3 Å². The summed E-state index contributed by atoms with van der Waals surface area (Å²) in [4.78, 5) is 10.2. The van der Waals surface area contributed by atoms with Crippen molar-refractivity contribution in [1.29, 1.82) is 0 Å². The number of rotatable bonds is 4. The van der Waals surface area contributed by atoms with Crippen LogP contribution >= 0.6 is 0 Å². The Labute approximate surface area is 92.3 Å². The molecular formula is C9H14N4O3. The molecule has 0 bridgehead atoms. The minimum atomic E-state index is -0.485. The highest BCUT2D eigenvalue weighted by Gasteiger charge is 2.32. The van der Waals surface area contributed by atoms with Crippen LogP contribution in [0.5, 0.6) is 5.88 Å². The monoisotopic (exact) mass is 226 g/mol. The Morgan fingerprint density at radius 2 is 2.44 bits per heavy atom. The van der Waals surface area contributed by atoms with Crippen molar-refractivity contribution in [3.05, 3.63) is 16.3 Å². The topological polar surface area (TPSA) is 96.2 Å². The molecule has 1 aromatic heterocycles. The van der Waals surface area contributed by atoms with Crippen molar-refractivity contribution in [3.63, 3.8) is 0 Å². The summed E-state index contributed by atoms with van der Waals surface area (Å²) < 4.78 is 6.85. The van der Waals surface area contributed by atoms with Crippen molar-refractivity contribution in [2.75, 3.05) is 6.54 Å². The first kappa shape index (κ1) is 10.9. The predicted molar refractivity (Wildman–Crippen MR) is 56.1 cm³/mol. The number of nitrogens with zero attached hydrogens (tertiary/aromatic N) is 3. The van der Waals surface area contributed by atoms with Crippen LogP contribution in [-0.2, 0) is 7.05 Å². The summed E-state index contributed by atoms with van der Waals surface area (Å²) in [6.07, 6.45) is 3.06. The molecule has 2 rings (SSSR count). The molecule has 1 saturated carbocycles. The van der Waals surface area contributed by atoms with Gasteiger partial charge in [-0.05, 0) is 25.3 Å². The zero-order chi connectivity index (χ0) is 11.7. The van der Waals surface area contributed by atoms with E-state index in [1.54, 1.807) is 7.05 Å². The lowest BCUT2D eigenvalue weighted by molar-refractivity contribution is -0.386. The third-order valence-electron chi connectivity index (χ3n) is 2.78. The fraction of sp³-hybridized carbons (Fsp3) is 0.667. The summed E-state index contributed by atoms with van der Waals surface area (Å²) >= 11 is 0. The molecule has 0 radical (unpaired) electrons. The highest BCUT2D eigenvalue weighted by atomic mass is 16.6. The Morgan fingerprint density at radius 3 is 3.00 bits per heavy atom. The molecule has 0 saturated heterocycles. The predicted octanol–water partition coefficient (Wildman–Crippen LogP) is 0.444. The SMILES string of the molecule is Cn1cc([N+](=O)[O-])c(OC2CC(CN)C2)n1. The lowest BCUT2D eigenvalue weighted by Gasteiger charge is -2.33. The fourth-order valence-corrected chi connectivity index (χ4v) is 1.79. The molecule has 0 unspecified atom stereocenters. The molecule has 0 atom stereocenters. The number of nitrogens with two attached hydrogens (primary N) is 1. The van der Waals surface area contributed by atoms with Crippen LogP contribution in [0, 0.1) is 16.0 Å². The van der Waals surface area contributed by atoms with Crippen molar-refractivity contribution in [2.24, 2.45) is 18.7 Å². The van der Waals surface area contributed by atoms with E-state index in [1.165, 1.54) is 10.9 Å². The van der Waals surface area contributed by atoms with E-state index in [2.05, 4.69) is 5.10 Å². The van der Waals surface area contributed by atoms with Crippen molar-refractivity contribution in [2.45, 2.75) is 18.9 Å². The van der Waals surface area contributed by atoms with E-state index >= 15 is 0 Å². The van der Waals surface area contributed by atoms with Gasteiger partial charge < -0.3 is 10.5 Å². The highest BCUT2D eigenvalue weighted by Crippen LogP contribution is 2.33. The molecular weight excluding hydrogens is 212 g/mol. The Morgan fingerprint density at radius 1 is 1.75 bits per heavy atom. The molecule has 1 aliphatic rings. The number of aromatic nitrogens is 2. The average molecular weight is 226 g/mol. The third kappa shape index (κ3) is 1.99. The smallest absolute Gasteiger partial charge is 0.350 e. The van der Waals surface area contributed by atoms with Gasteiger partial charge in [0, 0.05) is 7.05 Å². The zero-order valence-corrected chi connectivity index (χ0v) is 9.00. The second-order valence-corrected chi connectivity index (χ2v) is 4.06. The van der Waals surface area contributed by atoms with E-state index in [4.69, 9.17) is 10.5 Å². The van der Waals surface area contributed by atoms with Gasteiger partial charge in [0.05, 0.1) is 4.92 Å². The average Bonchev–Trinajstić information content (AvgIpc) is 2.52. The summed E-state index contributed by atoms with van der Waals surface area (Å²) in [5.41, 5.74) is 5.40. The highest BCUT2D eigenvalue weighted by molar-refractivity contribution is 5.38. The van der Waals surface area contributed by atoms with Crippen LogP contribution in [0.2, 0.25) is 0 Å². The van der Waals surface area contributed by atoms with Gasteiger partial charge in [0.25, 0.3) is 0 Å². The van der Waals surface area contributed by atoms with Crippen LogP contribution in [0.4, 0.5) is 5.69 Å². The van der Waals surface area contributed by atoms with Crippen LogP contribution < -0.4 is 10.5 Å².